The number of hydrogen-bond acceptors (Lipinski definition) is 2. The molecular weight excluding hydrogens is 150 g/mol. The van der Waals surface area contributed by atoms with Gasteiger partial charge in [0, 0.05) is 26.2 Å². The molecule has 1 aliphatic heterocycles. The molecule has 2 atom stereocenters. The molecule has 2 nitrogen and oxygen atoms in total. The number of fused-ring (bicyclic) bond motifs is 1. The van der Waals surface area contributed by atoms with Crippen molar-refractivity contribution in [2.45, 2.75) is 13.8 Å². The second kappa shape index (κ2) is 3.00. The van der Waals surface area contributed by atoms with Crippen molar-refractivity contribution in [2.24, 2.45) is 23.7 Å². The van der Waals surface area contributed by atoms with Crippen LogP contribution in [0, 0.1) is 23.7 Å². The van der Waals surface area contributed by atoms with Gasteiger partial charge in [0.1, 0.15) is 0 Å². The molecule has 0 radical (unpaired) electrons. The summed E-state index contributed by atoms with van der Waals surface area (Å²) in [5.74, 6) is 3.13. The van der Waals surface area contributed by atoms with Gasteiger partial charge in [0.15, 0.2) is 0 Å². The molecule has 0 amide bonds. The lowest BCUT2D eigenvalue weighted by Gasteiger charge is -2.20. The van der Waals surface area contributed by atoms with E-state index in [0.29, 0.717) is 12.5 Å². The Morgan fingerprint density at radius 1 is 1.33 bits per heavy atom. The Hall–Kier alpha value is -0.0800. The van der Waals surface area contributed by atoms with E-state index in [4.69, 9.17) is 5.11 Å². The number of hydrogen-bond donors (Lipinski definition) is 1. The molecule has 1 saturated heterocycles. The maximum atomic E-state index is 8.96. The summed E-state index contributed by atoms with van der Waals surface area (Å²) in [4.78, 5) is 2.55. The van der Waals surface area contributed by atoms with Crippen molar-refractivity contribution in [2.75, 3.05) is 26.2 Å². The molecular formula is C10H19NO. The van der Waals surface area contributed by atoms with Crippen molar-refractivity contribution in [3.8, 4) is 0 Å². The van der Waals surface area contributed by atoms with Gasteiger partial charge in [-0.2, -0.15) is 0 Å². The van der Waals surface area contributed by atoms with E-state index in [1.807, 2.05) is 0 Å². The molecule has 2 heteroatoms. The predicted molar refractivity (Wildman–Crippen MR) is 48.8 cm³/mol. The van der Waals surface area contributed by atoms with Crippen LogP contribution in [0.4, 0.5) is 0 Å². The van der Waals surface area contributed by atoms with E-state index in [1.165, 1.54) is 19.6 Å². The van der Waals surface area contributed by atoms with Gasteiger partial charge in [0.2, 0.25) is 0 Å². The number of aliphatic hydroxyl groups excluding tert-OH is 1. The van der Waals surface area contributed by atoms with Crippen LogP contribution >= 0.6 is 0 Å². The second-order valence-corrected chi connectivity index (χ2v) is 4.79. The maximum Gasteiger partial charge on any atom is 0.0465 e. The zero-order valence-corrected chi connectivity index (χ0v) is 8.03. The third-order valence-electron chi connectivity index (χ3n) is 3.28. The summed E-state index contributed by atoms with van der Waals surface area (Å²) in [6.07, 6.45) is 0. The summed E-state index contributed by atoms with van der Waals surface area (Å²) < 4.78 is 0. The number of rotatable bonds is 3. The average molecular weight is 169 g/mol. The maximum absolute atomic E-state index is 8.96. The van der Waals surface area contributed by atoms with E-state index in [0.717, 1.165) is 17.8 Å². The molecule has 0 aromatic carbocycles. The van der Waals surface area contributed by atoms with Crippen LogP contribution in [0.25, 0.3) is 0 Å². The number of likely N-dealkylation sites (tertiary alicyclic amines) is 1. The number of aliphatic hydroxyl groups is 1. The van der Waals surface area contributed by atoms with Crippen LogP contribution in [0.3, 0.4) is 0 Å². The molecule has 2 fully saturated rings. The SMILES string of the molecule is CC(C)CN1CC2C(CO)C2C1. The minimum Gasteiger partial charge on any atom is -0.396 e. The van der Waals surface area contributed by atoms with Gasteiger partial charge in [-0.15, -0.1) is 0 Å². The third kappa shape index (κ3) is 1.38. The van der Waals surface area contributed by atoms with Crippen LogP contribution in [-0.2, 0) is 0 Å². The Morgan fingerprint density at radius 2 is 1.92 bits per heavy atom. The summed E-state index contributed by atoms with van der Waals surface area (Å²) in [7, 11) is 0. The largest absolute Gasteiger partial charge is 0.396 e. The van der Waals surface area contributed by atoms with Crippen molar-refractivity contribution >= 4 is 0 Å². The molecule has 1 aliphatic carbocycles. The summed E-state index contributed by atoms with van der Waals surface area (Å²) in [6, 6.07) is 0. The quantitative estimate of drug-likeness (QED) is 0.676. The molecule has 1 N–H and O–H groups in total. The zero-order valence-electron chi connectivity index (χ0n) is 8.03. The van der Waals surface area contributed by atoms with E-state index in [9.17, 15) is 0 Å². The van der Waals surface area contributed by atoms with Crippen molar-refractivity contribution in [3.05, 3.63) is 0 Å². The standard InChI is InChI=1S/C10H19NO/c1-7(2)3-11-4-8-9(5-11)10(8)6-12/h7-10,12H,3-6H2,1-2H3. The molecule has 1 heterocycles. The highest BCUT2D eigenvalue weighted by Crippen LogP contribution is 2.51. The van der Waals surface area contributed by atoms with Crippen LogP contribution in [0.5, 0.6) is 0 Å². The zero-order chi connectivity index (χ0) is 8.72. The molecule has 2 aliphatic rings. The molecule has 2 unspecified atom stereocenters. The van der Waals surface area contributed by atoms with Crippen molar-refractivity contribution < 1.29 is 5.11 Å². The van der Waals surface area contributed by atoms with Crippen LogP contribution in [-0.4, -0.2) is 36.2 Å². The van der Waals surface area contributed by atoms with Crippen molar-refractivity contribution in [1.82, 2.24) is 4.90 Å². The first-order chi connectivity index (χ1) is 5.72. The molecule has 1 saturated carbocycles. The summed E-state index contributed by atoms with van der Waals surface area (Å²) in [5.41, 5.74) is 0. The van der Waals surface area contributed by atoms with E-state index in [1.54, 1.807) is 0 Å². The van der Waals surface area contributed by atoms with Crippen LogP contribution in [0.15, 0.2) is 0 Å². The highest BCUT2D eigenvalue weighted by Gasteiger charge is 2.54. The lowest BCUT2D eigenvalue weighted by atomic mass is 10.2. The summed E-state index contributed by atoms with van der Waals surface area (Å²) >= 11 is 0. The predicted octanol–water partition coefficient (Wildman–Crippen LogP) is 0.812. The van der Waals surface area contributed by atoms with Gasteiger partial charge >= 0.3 is 0 Å². The van der Waals surface area contributed by atoms with Gasteiger partial charge in [-0.05, 0) is 23.7 Å². The lowest BCUT2D eigenvalue weighted by molar-refractivity contribution is 0.210. The van der Waals surface area contributed by atoms with E-state index >= 15 is 0 Å². The van der Waals surface area contributed by atoms with Gasteiger partial charge in [-0.25, -0.2) is 0 Å². The van der Waals surface area contributed by atoms with Crippen LogP contribution < -0.4 is 0 Å². The highest BCUT2D eigenvalue weighted by atomic mass is 16.3. The normalized spacial score (nSPS) is 40.5. The molecule has 70 valence electrons. The molecule has 0 bridgehead atoms. The summed E-state index contributed by atoms with van der Waals surface area (Å²) in [5, 5.41) is 8.96. The second-order valence-electron chi connectivity index (χ2n) is 4.79. The monoisotopic (exact) mass is 169 g/mol. The van der Waals surface area contributed by atoms with Gasteiger partial charge < -0.3 is 10.0 Å². The van der Waals surface area contributed by atoms with Crippen LogP contribution in [0.1, 0.15) is 13.8 Å². The first-order valence-corrected chi connectivity index (χ1v) is 5.05. The third-order valence-corrected chi connectivity index (χ3v) is 3.28. The first kappa shape index (κ1) is 8.52. The molecule has 2 rings (SSSR count). The van der Waals surface area contributed by atoms with Gasteiger partial charge in [-0.1, -0.05) is 13.8 Å². The van der Waals surface area contributed by atoms with E-state index < -0.39 is 0 Å². The first-order valence-electron chi connectivity index (χ1n) is 5.05. The fourth-order valence-electron chi connectivity index (χ4n) is 2.67. The van der Waals surface area contributed by atoms with Gasteiger partial charge in [0.25, 0.3) is 0 Å². The number of piperidine rings is 1. The smallest absolute Gasteiger partial charge is 0.0465 e. The van der Waals surface area contributed by atoms with Gasteiger partial charge in [0.05, 0.1) is 0 Å². The fraction of sp³-hybridized carbons (Fsp3) is 1.00. The fourth-order valence-corrected chi connectivity index (χ4v) is 2.67. The van der Waals surface area contributed by atoms with E-state index in [2.05, 4.69) is 18.7 Å². The summed E-state index contributed by atoms with van der Waals surface area (Å²) in [6.45, 7) is 8.69. The lowest BCUT2D eigenvalue weighted by Crippen LogP contribution is -2.28. The topological polar surface area (TPSA) is 23.5 Å². The Bertz CT molecular complexity index is 157. The average Bonchev–Trinajstić information content (AvgIpc) is 2.45. The minimum atomic E-state index is 0.421. The number of nitrogens with zero attached hydrogens (tertiary/aromatic N) is 1. The molecule has 12 heavy (non-hydrogen) atoms. The van der Waals surface area contributed by atoms with Gasteiger partial charge in [-0.3, -0.25) is 0 Å². The van der Waals surface area contributed by atoms with Crippen molar-refractivity contribution in [1.29, 1.82) is 0 Å². The molecule has 0 aromatic heterocycles. The Morgan fingerprint density at radius 3 is 2.33 bits per heavy atom. The van der Waals surface area contributed by atoms with E-state index in [-0.39, 0.29) is 0 Å². The Balaban J connectivity index is 1.75. The Labute approximate surface area is 74.6 Å². The highest BCUT2D eigenvalue weighted by molar-refractivity contribution is 5.04. The Kier molecular flexibility index (Phi) is 2.13. The minimum absolute atomic E-state index is 0.421. The molecule has 0 spiro atoms. The van der Waals surface area contributed by atoms with Crippen LogP contribution in [0.2, 0.25) is 0 Å². The molecule has 0 aromatic rings. The van der Waals surface area contributed by atoms with Crippen molar-refractivity contribution in [3.63, 3.8) is 0 Å².